The van der Waals surface area contributed by atoms with Crippen LogP contribution in [0.3, 0.4) is 0 Å². The Labute approximate surface area is 96.2 Å². The van der Waals surface area contributed by atoms with Crippen LogP contribution < -0.4 is 4.90 Å². The molecule has 1 aromatic rings. The highest BCUT2D eigenvalue weighted by molar-refractivity contribution is 6.30. The Kier molecular flexibility index (Phi) is 3.84. The molecule has 1 amide bonds. The number of rotatable bonds is 4. The second kappa shape index (κ2) is 4.94. The molecule has 86 valence electrons. The Bertz CT molecular complexity index is 425. The number of hydrogen-bond acceptors (Lipinski definition) is 2. The first-order valence-electron chi connectivity index (χ1n) is 4.39. The summed E-state index contributed by atoms with van der Waals surface area (Å²) in [6.07, 6.45) is 0.269. The smallest absolute Gasteiger partial charge is 0.326 e. The van der Waals surface area contributed by atoms with Crippen LogP contribution in [0.1, 0.15) is 6.92 Å². The lowest BCUT2D eigenvalue weighted by atomic mass is 10.2. The van der Waals surface area contributed by atoms with Crippen LogP contribution in [0.2, 0.25) is 5.02 Å². The number of benzene rings is 1. The second-order valence-corrected chi connectivity index (χ2v) is 3.56. The van der Waals surface area contributed by atoms with Gasteiger partial charge >= 0.3 is 5.97 Å². The molecule has 1 unspecified atom stereocenters. The molecule has 1 atom stereocenters. The number of carboxylic acids is 1. The van der Waals surface area contributed by atoms with Crippen molar-refractivity contribution in [2.45, 2.75) is 13.0 Å². The number of carbonyl (C=O) groups excluding carboxylic acids is 1. The van der Waals surface area contributed by atoms with Gasteiger partial charge in [0.15, 0.2) is 0 Å². The van der Waals surface area contributed by atoms with Crippen LogP contribution in [0.25, 0.3) is 0 Å². The first-order chi connectivity index (χ1) is 7.47. The molecule has 0 aliphatic rings. The molecule has 16 heavy (non-hydrogen) atoms. The van der Waals surface area contributed by atoms with Gasteiger partial charge in [0, 0.05) is 5.02 Å². The third-order valence-corrected chi connectivity index (χ3v) is 2.31. The van der Waals surface area contributed by atoms with Gasteiger partial charge in [0.2, 0.25) is 6.41 Å². The van der Waals surface area contributed by atoms with Gasteiger partial charge in [-0.05, 0) is 25.1 Å². The zero-order chi connectivity index (χ0) is 12.3. The van der Waals surface area contributed by atoms with Crippen molar-refractivity contribution in [3.8, 4) is 0 Å². The molecule has 0 bridgehead atoms. The van der Waals surface area contributed by atoms with E-state index in [0.717, 1.165) is 11.0 Å². The topological polar surface area (TPSA) is 57.6 Å². The molecule has 0 radical (unpaired) electrons. The molecule has 1 N–H and O–H groups in total. The van der Waals surface area contributed by atoms with Gasteiger partial charge in [-0.1, -0.05) is 11.6 Å². The fourth-order valence-electron chi connectivity index (χ4n) is 1.17. The van der Waals surface area contributed by atoms with Crippen LogP contribution in [0, 0.1) is 5.82 Å². The van der Waals surface area contributed by atoms with E-state index in [2.05, 4.69) is 0 Å². The summed E-state index contributed by atoms with van der Waals surface area (Å²) in [5.74, 6) is -1.96. The minimum Gasteiger partial charge on any atom is -0.480 e. The van der Waals surface area contributed by atoms with E-state index in [9.17, 15) is 14.0 Å². The highest BCUT2D eigenvalue weighted by Crippen LogP contribution is 2.23. The molecule has 0 spiro atoms. The summed E-state index contributed by atoms with van der Waals surface area (Å²) in [4.78, 5) is 22.2. The van der Waals surface area contributed by atoms with E-state index in [1.54, 1.807) is 0 Å². The van der Waals surface area contributed by atoms with Crippen LogP contribution in [-0.2, 0) is 9.59 Å². The Morgan fingerprint density at radius 2 is 2.25 bits per heavy atom. The van der Waals surface area contributed by atoms with Gasteiger partial charge in [-0.3, -0.25) is 9.69 Å². The molecule has 0 aromatic heterocycles. The first kappa shape index (κ1) is 12.4. The Hall–Kier alpha value is -1.62. The Balaban J connectivity index is 3.13. The number of nitrogens with zero attached hydrogens (tertiary/aromatic N) is 1. The largest absolute Gasteiger partial charge is 0.480 e. The number of carboxylic acid groups (broad SMARTS) is 1. The molecule has 1 rings (SSSR count). The van der Waals surface area contributed by atoms with Crippen molar-refractivity contribution in [3.63, 3.8) is 0 Å². The number of aliphatic carboxylic acids is 1. The lowest BCUT2D eigenvalue weighted by Gasteiger charge is -2.22. The van der Waals surface area contributed by atoms with Gasteiger partial charge in [-0.2, -0.15) is 0 Å². The Morgan fingerprint density at radius 3 is 2.69 bits per heavy atom. The molecule has 1 aromatic carbocycles. The van der Waals surface area contributed by atoms with Gasteiger partial charge in [0.05, 0.1) is 5.69 Å². The molecule has 0 aliphatic carbocycles. The molecule has 0 saturated heterocycles. The fourth-order valence-corrected chi connectivity index (χ4v) is 1.33. The summed E-state index contributed by atoms with van der Waals surface area (Å²) in [5.41, 5.74) is -0.116. The van der Waals surface area contributed by atoms with Crippen molar-refractivity contribution in [2.75, 3.05) is 4.90 Å². The molecular formula is C10H9ClFNO3. The summed E-state index contributed by atoms with van der Waals surface area (Å²) in [5, 5.41) is 8.92. The van der Waals surface area contributed by atoms with Crippen molar-refractivity contribution in [1.29, 1.82) is 0 Å². The minimum atomic E-state index is -1.22. The molecule has 0 fully saturated rings. The molecule has 0 heterocycles. The van der Waals surface area contributed by atoms with Crippen LogP contribution in [0.4, 0.5) is 10.1 Å². The van der Waals surface area contributed by atoms with Gasteiger partial charge in [0.1, 0.15) is 11.9 Å². The molecular weight excluding hydrogens is 237 g/mol. The molecule has 0 saturated carbocycles. The lowest BCUT2D eigenvalue weighted by Crippen LogP contribution is -2.38. The van der Waals surface area contributed by atoms with Crippen molar-refractivity contribution >= 4 is 29.7 Å². The maximum absolute atomic E-state index is 13.4. The standard InChI is InChI=1S/C10H9ClFNO3/c1-6(10(15)16)13(5-14)9-3-2-7(11)4-8(9)12/h2-6H,1H3,(H,15,16). The minimum absolute atomic E-state index is 0.116. The van der Waals surface area contributed by atoms with Crippen molar-refractivity contribution in [2.24, 2.45) is 0 Å². The van der Waals surface area contributed by atoms with E-state index in [0.29, 0.717) is 0 Å². The maximum atomic E-state index is 13.4. The average molecular weight is 246 g/mol. The van der Waals surface area contributed by atoms with Gasteiger partial charge in [-0.25, -0.2) is 9.18 Å². The number of halogens is 2. The van der Waals surface area contributed by atoms with E-state index in [4.69, 9.17) is 16.7 Å². The predicted molar refractivity (Wildman–Crippen MR) is 57.1 cm³/mol. The molecule has 0 aliphatic heterocycles. The van der Waals surface area contributed by atoms with E-state index in [1.165, 1.54) is 19.1 Å². The maximum Gasteiger partial charge on any atom is 0.326 e. The number of carbonyl (C=O) groups is 2. The van der Waals surface area contributed by atoms with Gasteiger partial charge in [-0.15, -0.1) is 0 Å². The van der Waals surface area contributed by atoms with Crippen LogP contribution in [-0.4, -0.2) is 23.5 Å². The van der Waals surface area contributed by atoms with E-state index in [-0.39, 0.29) is 17.1 Å². The average Bonchev–Trinajstić information content (AvgIpc) is 2.21. The summed E-state index contributed by atoms with van der Waals surface area (Å²) in [6, 6.07) is 2.51. The zero-order valence-corrected chi connectivity index (χ0v) is 9.11. The monoisotopic (exact) mass is 245 g/mol. The highest BCUT2D eigenvalue weighted by atomic mass is 35.5. The van der Waals surface area contributed by atoms with Crippen LogP contribution >= 0.6 is 11.6 Å². The van der Waals surface area contributed by atoms with Crippen molar-refractivity contribution in [3.05, 3.63) is 29.0 Å². The summed E-state index contributed by atoms with van der Waals surface area (Å²) in [6.45, 7) is 1.28. The number of anilines is 1. The third-order valence-electron chi connectivity index (χ3n) is 2.08. The summed E-state index contributed by atoms with van der Waals surface area (Å²) < 4.78 is 13.4. The van der Waals surface area contributed by atoms with Crippen molar-refractivity contribution < 1.29 is 19.1 Å². The van der Waals surface area contributed by atoms with E-state index >= 15 is 0 Å². The predicted octanol–water partition coefficient (Wildman–Crippen LogP) is 1.92. The Morgan fingerprint density at radius 1 is 1.62 bits per heavy atom. The summed E-state index contributed by atoms with van der Waals surface area (Å²) in [7, 11) is 0. The molecule has 4 nitrogen and oxygen atoms in total. The number of amides is 1. The quantitative estimate of drug-likeness (QED) is 0.825. The van der Waals surface area contributed by atoms with E-state index in [1.807, 2.05) is 0 Å². The highest BCUT2D eigenvalue weighted by Gasteiger charge is 2.22. The van der Waals surface area contributed by atoms with E-state index < -0.39 is 17.8 Å². The lowest BCUT2D eigenvalue weighted by molar-refractivity contribution is -0.138. The number of hydrogen-bond donors (Lipinski definition) is 1. The van der Waals surface area contributed by atoms with Crippen LogP contribution in [0.15, 0.2) is 18.2 Å². The third kappa shape index (κ3) is 2.49. The summed E-state index contributed by atoms with van der Waals surface area (Å²) >= 11 is 5.54. The first-order valence-corrected chi connectivity index (χ1v) is 4.76. The normalized spacial score (nSPS) is 11.9. The fraction of sp³-hybridized carbons (Fsp3) is 0.200. The van der Waals surface area contributed by atoms with Gasteiger partial charge < -0.3 is 5.11 Å². The second-order valence-electron chi connectivity index (χ2n) is 3.12. The van der Waals surface area contributed by atoms with Crippen molar-refractivity contribution in [1.82, 2.24) is 0 Å². The SMILES string of the molecule is CC(C(=O)O)N(C=O)c1ccc(Cl)cc1F. The van der Waals surface area contributed by atoms with Crippen LogP contribution in [0.5, 0.6) is 0 Å². The van der Waals surface area contributed by atoms with Gasteiger partial charge in [0.25, 0.3) is 0 Å². The molecule has 6 heteroatoms. The zero-order valence-electron chi connectivity index (χ0n) is 8.35.